The number of amides is 2. The summed E-state index contributed by atoms with van der Waals surface area (Å²) in [5.41, 5.74) is 3.49. The van der Waals surface area contributed by atoms with Gasteiger partial charge < -0.3 is 10.6 Å². The molecule has 0 aromatic heterocycles. The van der Waals surface area contributed by atoms with Gasteiger partial charge in [-0.05, 0) is 44.0 Å². The van der Waals surface area contributed by atoms with Crippen LogP contribution in [0, 0.1) is 19.8 Å². The van der Waals surface area contributed by atoms with E-state index in [4.69, 9.17) is 0 Å². The molecule has 0 saturated carbocycles. The van der Waals surface area contributed by atoms with Crippen molar-refractivity contribution >= 4 is 17.5 Å². The van der Waals surface area contributed by atoms with Crippen LogP contribution in [0.1, 0.15) is 35.3 Å². The van der Waals surface area contributed by atoms with Crippen LogP contribution in [0.15, 0.2) is 48.5 Å². The molecule has 2 rings (SSSR count). The summed E-state index contributed by atoms with van der Waals surface area (Å²) in [5, 5.41) is 5.70. The van der Waals surface area contributed by atoms with E-state index in [1.165, 1.54) is 0 Å². The van der Waals surface area contributed by atoms with Gasteiger partial charge in [0.05, 0.1) is 0 Å². The summed E-state index contributed by atoms with van der Waals surface area (Å²) in [7, 11) is 0. The third kappa shape index (κ3) is 4.69. The summed E-state index contributed by atoms with van der Waals surface area (Å²) in [6.07, 6.45) is 0. The van der Waals surface area contributed by atoms with Crippen LogP contribution >= 0.6 is 0 Å². The van der Waals surface area contributed by atoms with Crippen LogP contribution in [0.25, 0.3) is 0 Å². The minimum atomic E-state index is -0.597. The van der Waals surface area contributed by atoms with Crippen molar-refractivity contribution in [1.82, 2.24) is 5.32 Å². The average Bonchev–Trinajstić information content (AvgIpc) is 2.54. The summed E-state index contributed by atoms with van der Waals surface area (Å²) < 4.78 is 0. The Labute approximate surface area is 143 Å². The van der Waals surface area contributed by atoms with Crippen LogP contribution in [0.4, 0.5) is 5.69 Å². The van der Waals surface area contributed by atoms with Crippen LogP contribution < -0.4 is 10.6 Å². The molecule has 1 atom stereocenters. The second-order valence-corrected chi connectivity index (χ2v) is 6.42. The fourth-order valence-electron chi connectivity index (χ4n) is 2.32. The number of rotatable bonds is 5. The second-order valence-electron chi connectivity index (χ2n) is 6.42. The first kappa shape index (κ1) is 17.7. The van der Waals surface area contributed by atoms with Crippen LogP contribution in [0.2, 0.25) is 0 Å². The molecule has 2 amide bonds. The predicted molar refractivity (Wildman–Crippen MR) is 97.1 cm³/mol. The lowest BCUT2D eigenvalue weighted by Crippen LogP contribution is -2.47. The van der Waals surface area contributed by atoms with Gasteiger partial charge in [0, 0.05) is 11.3 Å². The molecule has 0 aliphatic rings. The van der Waals surface area contributed by atoms with Crippen molar-refractivity contribution in [3.63, 3.8) is 0 Å². The molecule has 0 fully saturated rings. The van der Waals surface area contributed by atoms with Crippen molar-refractivity contribution in [2.75, 3.05) is 5.32 Å². The standard InChI is InChI=1S/C20H24N2O2/c1-13(2)18(20(24)21-17-11-7-15(4)8-12-17)22-19(23)16-9-5-14(3)6-10-16/h5-13,18H,1-4H3,(H,21,24)(H,22,23). The van der Waals surface area contributed by atoms with Gasteiger partial charge in [-0.3, -0.25) is 9.59 Å². The maximum absolute atomic E-state index is 12.5. The zero-order valence-corrected chi connectivity index (χ0v) is 14.6. The molecule has 0 aliphatic carbocycles. The van der Waals surface area contributed by atoms with Crippen LogP contribution in [-0.4, -0.2) is 17.9 Å². The average molecular weight is 324 g/mol. The fourth-order valence-corrected chi connectivity index (χ4v) is 2.32. The lowest BCUT2D eigenvalue weighted by Gasteiger charge is -2.22. The number of hydrogen-bond donors (Lipinski definition) is 2. The molecule has 1 unspecified atom stereocenters. The second kappa shape index (κ2) is 7.77. The zero-order chi connectivity index (χ0) is 17.7. The van der Waals surface area contributed by atoms with E-state index in [1.54, 1.807) is 12.1 Å². The van der Waals surface area contributed by atoms with Crippen molar-refractivity contribution in [3.8, 4) is 0 Å². The molecule has 2 N–H and O–H groups in total. The third-order valence-corrected chi connectivity index (χ3v) is 3.87. The van der Waals surface area contributed by atoms with Gasteiger partial charge in [-0.15, -0.1) is 0 Å². The van der Waals surface area contributed by atoms with Gasteiger partial charge in [-0.25, -0.2) is 0 Å². The number of nitrogens with one attached hydrogen (secondary N) is 2. The molecule has 4 nitrogen and oxygen atoms in total. The molecule has 0 radical (unpaired) electrons. The van der Waals surface area contributed by atoms with E-state index in [9.17, 15) is 9.59 Å². The number of carbonyl (C=O) groups excluding carboxylic acids is 2. The molecule has 24 heavy (non-hydrogen) atoms. The Balaban J connectivity index is 2.07. The summed E-state index contributed by atoms with van der Waals surface area (Å²) in [6.45, 7) is 7.78. The molecule has 2 aromatic rings. The first-order valence-electron chi connectivity index (χ1n) is 8.12. The van der Waals surface area contributed by atoms with Crippen LogP contribution in [0.5, 0.6) is 0 Å². The summed E-state index contributed by atoms with van der Waals surface area (Å²) in [4.78, 5) is 24.9. The highest BCUT2D eigenvalue weighted by Gasteiger charge is 2.24. The normalized spacial score (nSPS) is 11.9. The number of anilines is 1. The lowest BCUT2D eigenvalue weighted by molar-refractivity contribution is -0.118. The van der Waals surface area contributed by atoms with Crippen molar-refractivity contribution in [3.05, 3.63) is 65.2 Å². The lowest BCUT2D eigenvalue weighted by atomic mass is 10.0. The van der Waals surface area contributed by atoms with Crippen LogP contribution in [0.3, 0.4) is 0 Å². The minimum Gasteiger partial charge on any atom is -0.340 e. The molecule has 0 spiro atoms. The monoisotopic (exact) mass is 324 g/mol. The molecule has 2 aromatic carbocycles. The molecule has 0 heterocycles. The quantitative estimate of drug-likeness (QED) is 0.881. The highest BCUT2D eigenvalue weighted by molar-refractivity contribution is 6.01. The van der Waals surface area contributed by atoms with E-state index in [2.05, 4.69) is 10.6 Å². The van der Waals surface area contributed by atoms with Gasteiger partial charge in [-0.2, -0.15) is 0 Å². The van der Waals surface area contributed by atoms with Crippen molar-refractivity contribution < 1.29 is 9.59 Å². The molecule has 4 heteroatoms. The van der Waals surface area contributed by atoms with Crippen LogP contribution in [-0.2, 0) is 4.79 Å². The largest absolute Gasteiger partial charge is 0.340 e. The predicted octanol–water partition coefficient (Wildman–Crippen LogP) is 3.70. The molecule has 0 saturated heterocycles. The first-order valence-corrected chi connectivity index (χ1v) is 8.12. The molecular weight excluding hydrogens is 300 g/mol. The Morgan fingerprint density at radius 2 is 1.33 bits per heavy atom. The van der Waals surface area contributed by atoms with Crippen molar-refractivity contribution in [1.29, 1.82) is 0 Å². The zero-order valence-electron chi connectivity index (χ0n) is 14.6. The number of aryl methyl sites for hydroxylation is 2. The van der Waals surface area contributed by atoms with E-state index >= 15 is 0 Å². The maximum atomic E-state index is 12.5. The molecule has 0 aliphatic heterocycles. The van der Waals surface area contributed by atoms with E-state index in [0.29, 0.717) is 5.56 Å². The van der Waals surface area contributed by atoms with Crippen molar-refractivity contribution in [2.24, 2.45) is 5.92 Å². The van der Waals surface area contributed by atoms with E-state index in [0.717, 1.165) is 16.8 Å². The summed E-state index contributed by atoms with van der Waals surface area (Å²) in [6, 6.07) is 14.3. The SMILES string of the molecule is Cc1ccc(NC(=O)C(NC(=O)c2ccc(C)cc2)C(C)C)cc1. The van der Waals surface area contributed by atoms with E-state index in [-0.39, 0.29) is 17.7 Å². The Morgan fingerprint density at radius 1 is 0.833 bits per heavy atom. The molecular formula is C20H24N2O2. The maximum Gasteiger partial charge on any atom is 0.251 e. The van der Waals surface area contributed by atoms with E-state index in [1.807, 2.05) is 64.1 Å². The van der Waals surface area contributed by atoms with Gasteiger partial charge in [0.25, 0.3) is 5.91 Å². The van der Waals surface area contributed by atoms with Crippen molar-refractivity contribution in [2.45, 2.75) is 33.7 Å². The van der Waals surface area contributed by atoms with Gasteiger partial charge in [0.1, 0.15) is 6.04 Å². The number of carbonyl (C=O) groups is 2. The fraction of sp³-hybridized carbons (Fsp3) is 0.300. The number of hydrogen-bond acceptors (Lipinski definition) is 2. The Morgan fingerprint density at radius 3 is 1.83 bits per heavy atom. The Hall–Kier alpha value is -2.62. The topological polar surface area (TPSA) is 58.2 Å². The Bertz CT molecular complexity index is 703. The first-order chi connectivity index (χ1) is 11.4. The third-order valence-electron chi connectivity index (χ3n) is 3.87. The van der Waals surface area contributed by atoms with Gasteiger partial charge in [0.2, 0.25) is 5.91 Å². The minimum absolute atomic E-state index is 0.0233. The van der Waals surface area contributed by atoms with Gasteiger partial charge >= 0.3 is 0 Å². The van der Waals surface area contributed by atoms with E-state index < -0.39 is 6.04 Å². The summed E-state index contributed by atoms with van der Waals surface area (Å²) >= 11 is 0. The highest BCUT2D eigenvalue weighted by Crippen LogP contribution is 2.12. The highest BCUT2D eigenvalue weighted by atomic mass is 16.2. The molecule has 0 bridgehead atoms. The summed E-state index contributed by atoms with van der Waals surface area (Å²) in [5.74, 6) is -0.480. The Kier molecular flexibility index (Phi) is 5.74. The number of benzene rings is 2. The van der Waals surface area contributed by atoms with Gasteiger partial charge in [0.15, 0.2) is 0 Å². The smallest absolute Gasteiger partial charge is 0.251 e. The molecule has 126 valence electrons. The van der Waals surface area contributed by atoms with Gasteiger partial charge in [-0.1, -0.05) is 49.2 Å².